The minimum Gasteiger partial charge on any atom is -0.271 e. The lowest BCUT2D eigenvalue weighted by Gasteiger charge is -2.15. The summed E-state index contributed by atoms with van der Waals surface area (Å²) in [5.41, 5.74) is 3.75. The highest BCUT2D eigenvalue weighted by Gasteiger charge is 2.12. The highest BCUT2D eigenvalue weighted by Crippen LogP contribution is 2.23. The van der Waals surface area contributed by atoms with Crippen LogP contribution in [0.25, 0.3) is 0 Å². The number of pyridine rings is 1. The fourth-order valence-corrected chi connectivity index (χ4v) is 1.77. The summed E-state index contributed by atoms with van der Waals surface area (Å²) >= 11 is 3.45. The molecule has 1 atom stereocenters. The Labute approximate surface area is 86.8 Å². The molecule has 0 aliphatic heterocycles. The molecular formula is C9H14BrN3. The van der Waals surface area contributed by atoms with Crippen molar-refractivity contribution in [2.24, 2.45) is 5.84 Å². The maximum Gasteiger partial charge on any atom is 0.0728 e. The average Bonchev–Trinajstić information content (AvgIpc) is 2.16. The largest absolute Gasteiger partial charge is 0.271 e. The number of halogens is 1. The number of nitrogens with two attached hydrogens (primary N) is 1. The van der Waals surface area contributed by atoms with E-state index in [4.69, 9.17) is 5.84 Å². The third-order valence-corrected chi connectivity index (χ3v) is 2.57. The van der Waals surface area contributed by atoms with Crippen LogP contribution in [0.2, 0.25) is 0 Å². The summed E-state index contributed by atoms with van der Waals surface area (Å²) in [6.07, 6.45) is 3.85. The number of hydrogen-bond acceptors (Lipinski definition) is 3. The predicted octanol–water partition coefficient (Wildman–Crippen LogP) is 2.15. The molecule has 0 fully saturated rings. The second-order valence-electron chi connectivity index (χ2n) is 2.88. The summed E-state index contributed by atoms with van der Waals surface area (Å²) in [5.74, 6) is 5.45. The minimum absolute atomic E-state index is 0.139. The number of nitrogens with one attached hydrogen (secondary N) is 1. The summed E-state index contributed by atoms with van der Waals surface area (Å²) < 4.78 is 1.01. The Kier molecular flexibility index (Phi) is 4.35. The van der Waals surface area contributed by atoms with Crippen LogP contribution in [0, 0.1) is 0 Å². The van der Waals surface area contributed by atoms with Crippen molar-refractivity contribution in [1.29, 1.82) is 0 Å². The number of nitrogens with zero attached hydrogens (tertiary/aromatic N) is 1. The zero-order chi connectivity index (χ0) is 9.68. The summed E-state index contributed by atoms with van der Waals surface area (Å²) in [4.78, 5) is 4.28. The molecule has 0 saturated heterocycles. The van der Waals surface area contributed by atoms with Crippen molar-refractivity contribution in [2.75, 3.05) is 0 Å². The molecule has 1 aromatic heterocycles. The van der Waals surface area contributed by atoms with Gasteiger partial charge in [0.25, 0.3) is 0 Å². The predicted molar refractivity (Wildman–Crippen MR) is 56.9 cm³/mol. The summed E-state index contributed by atoms with van der Waals surface area (Å²) in [5, 5.41) is 0. The third kappa shape index (κ3) is 2.76. The normalized spacial score (nSPS) is 12.8. The van der Waals surface area contributed by atoms with E-state index >= 15 is 0 Å². The first-order valence-electron chi connectivity index (χ1n) is 4.36. The molecule has 0 aromatic carbocycles. The highest BCUT2D eigenvalue weighted by molar-refractivity contribution is 9.10. The van der Waals surface area contributed by atoms with Crippen molar-refractivity contribution in [3.8, 4) is 0 Å². The van der Waals surface area contributed by atoms with Gasteiger partial charge in [0.1, 0.15) is 0 Å². The lowest BCUT2D eigenvalue weighted by Crippen LogP contribution is -2.28. The molecule has 0 saturated carbocycles. The van der Waals surface area contributed by atoms with Crippen molar-refractivity contribution >= 4 is 15.9 Å². The van der Waals surface area contributed by atoms with Crippen molar-refractivity contribution < 1.29 is 0 Å². The SMILES string of the molecule is CCCC(NN)c1ncccc1Br. The summed E-state index contributed by atoms with van der Waals surface area (Å²) in [7, 11) is 0. The molecule has 0 aliphatic rings. The molecule has 1 aromatic rings. The van der Waals surface area contributed by atoms with Crippen LogP contribution in [-0.2, 0) is 0 Å². The van der Waals surface area contributed by atoms with Gasteiger partial charge in [-0.2, -0.15) is 0 Å². The Bertz CT molecular complexity index is 265. The molecule has 0 amide bonds. The molecule has 1 heterocycles. The Hall–Kier alpha value is -0.450. The molecule has 0 aliphatic carbocycles. The van der Waals surface area contributed by atoms with Crippen molar-refractivity contribution in [3.05, 3.63) is 28.5 Å². The van der Waals surface area contributed by atoms with Crippen LogP contribution in [-0.4, -0.2) is 4.98 Å². The van der Waals surface area contributed by atoms with Gasteiger partial charge < -0.3 is 0 Å². The number of hydrazine groups is 1. The molecule has 3 N–H and O–H groups in total. The van der Waals surface area contributed by atoms with Gasteiger partial charge in [0.2, 0.25) is 0 Å². The van der Waals surface area contributed by atoms with E-state index in [-0.39, 0.29) is 6.04 Å². The third-order valence-electron chi connectivity index (χ3n) is 1.90. The Morgan fingerprint density at radius 1 is 1.69 bits per heavy atom. The summed E-state index contributed by atoms with van der Waals surface area (Å²) in [6.45, 7) is 2.13. The van der Waals surface area contributed by atoms with Gasteiger partial charge in [-0.1, -0.05) is 13.3 Å². The van der Waals surface area contributed by atoms with Crippen molar-refractivity contribution in [2.45, 2.75) is 25.8 Å². The summed E-state index contributed by atoms with van der Waals surface area (Å²) in [6, 6.07) is 4.01. The fourth-order valence-electron chi connectivity index (χ4n) is 1.24. The Morgan fingerprint density at radius 3 is 3.00 bits per heavy atom. The van der Waals surface area contributed by atoms with E-state index in [1.165, 1.54) is 0 Å². The van der Waals surface area contributed by atoms with Crippen LogP contribution < -0.4 is 11.3 Å². The van der Waals surface area contributed by atoms with E-state index in [9.17, 15) is 0 Å². The Balaban J connectivity index is 2.84. The van der Waals surface area contributed by atoms with Crippen LogP contribution >= 0.6 is 15.9 Å². The van der Waals surface area contributed by atoms with Gasteiger partial charge >= 0.3 is 0 Å². The molecule has 3 nitrogen and oxygen atoms in total. The van der Waals surface area contributed by atoms with Gasteiger partial charge in [-0.15, -0.1) is 0 Å². The number of rotatable bonds is 4. The topological polar surface area (TPSA) is 50.9 Å². The van der Waals surface area contributed by atoms with E-state index < -0.39 is 0 Å². The van der Waals surface area contributed by atoms with E-state index in [2.05, 4.69) is 33.3 Å². The maximum atomic E-state index is 5.45. The van der Waals surface area contributed by atoms with E-state index in [0.717, 1.165) is 23.0 Å². The zero-order valence-corrected chi connectivity index (χ0v) is 9.21. The number of aromatic nitrogens is 1. The first kappa shape index (κ1) is 10.6. The van der Waals surface area contributed by atoms with Crippen molar-refractivity contribution in [3.63, 3.8) is 0 Å². The first-order chi connectivity index (χ1) is 6.29. The fraction of sp³-hybridized carbons (Fsp3) is 0.444. The van der Waals surface area contributed by atoms with Gasteiger partial charge in [0.05, 0.1) is 11.7 Å². The lowest BCUT2D eigenvalue weighted by molar-refractivity contribution is 0.497. The van der Waals surface area contributed by atoms with E-state index in [0.29, 0.717) is 0 Å². The first-order valence-corrected chi connectivity index (χ1v) is 5.15. The van der Waals surface area contributed by atoms with Crippen LogP contribution in [0.5, 0.6) is 0 Å². The van der Waals surface area contributed by atoms with Gasteiger partial charge in [-0.05, 0) is 34.5 Å². The van der Waals surface area contributed by atoms with Gasteiger partial charge in [-0.3, -0.25) is 16.3 Å². The van der Waals surface area contributed by atoms with Crippen molar-refractivity contribution in [1.82, 2.24) is 10.4 Å². The smallest absolute Gasteiger partial charge is 0.0728 e. The second kappa shape index (κ2) is 5.32. The molecule has 1 rings (SSSR count). The molecule has 4 heteroatoms. The lowest BCUT2D eigenvalue weighted by atomic mass is 10.1. The monoisotopic (exact) mass is 243 g/mol. The van der Waals surface area contributed by atoms with Crippen LogP contribution in [0.1, 0.15) is 31.5 Å². The molecule has 0 spiro atoms. The average molecular weight is 244 g/mol. The van der Waals surface area contributed by atoms with Crippen LogP contribution in [0.4, 0.5) is 0 Å². The maximum absolute atomic E-state index is 5.45. The molecule has 0 radical (unpaired) electrons. The second-order valence-corrected chi connectivity index (χ2v) is 3.73. The number of hydrogen-bond donors (Lipinski definition) is 2. The van der Waals surface area contributed by atoms with Crippen LogP contribution in [0.3, 0.4) is 0 Å². The molecule has 72 valence electrons. The van der Waals surface area contributed by atoms with Gasteiger partial charge in [0, 0.05) is 10.7 Å². The standard InChI is InChI=1S/C9H14BrN3/c1-2-4-8(13-11)9-7(10)5-3-6-12-9/h3,5-6,8,13H,2,4,11H2,1H3. The zero-order valence-electron chi connectivity index (χ0n) is 7.63. The minimum atomic E-state index is 0.139. The highest BCUT2D eigenvalue weighted by atomic mass is 79.9. The van der Waals surface area contributed by atoms with Gasteiger partial charge in [0.15, 0.2) is 0 Å². The van der Waals surface area contributed by atoms with Gasteiger partial charge in [-0.25, -0.2) is 0 Å². The van der Waals surface area contributed by atoms with Crippen LogP contribution in [0.15, 0.2) is 22.8 Å². The molecule has 1 unspecified atom stereocenters. The molecule has 0 bridgehead atoms. The molecule has 13 heavy (non-hydrogen) atoms. The molecular weight excluding hydrogens is 230 g/mol. The Morgan fingerprint density at radius 2 is 2.46 bits per heavy atom. The van der Waals surface area contributed by atoms with E-state index in [1.807, 2.05) is 12.1 Å². The quantitative estimate of drug-likeness (QED) is 0.630. The van der Waals surface area contributed by atoms with E-state index in [1.54, 1.807) is 6.20 Å².